The number of carbonyl (C=O) groups excluding carboxylic acids is 1. The number of nitrogens with zero attached hydrogens (tertiary/aromatic N) is 1. The van der Waals surface area contributed by atoms with Crippen LogP contribution in [-0.4, -0.2) is 56.3 Å². The van der Waals surface area contributed by atoms with E-state index in [4.69, 9.17) is 9.47 Å². The largest absolute Gasteiger partial charge is 0.370 e. The van der Waals surface area contributed by atoms with E-state index in [1.807, 2.05) is 17.0 Å². The van der Waals surface area contributed by atoms with Gasteiger partial charge < -0.3 is 19.7 Å². The number of hydrogen-bond donors (Lipinski definition) is 1. The second kappa shape index (κ2) is 6.99. The van der Waals surface area contributed by atoms with Gasteiger partial charge in [-0.05, 0) is 44.0 Å². The maximum Gasteiger partial charge on any atom is 0.255 e. The molecule has 1 unspecified atom stereocenters. The topological polar surface area (TPSA) is 50.8 Å². The smallest absolute Gasteiger partial charge is 0.255 e. The van der Waals surface area contributed by atoms with Gasteiger partial charge in [-0.1, -0.05) is 24.3 Å². The SMILES string of the molecule is COC1(C(=O)N2CCOC(c3ccccc3C)C2)CCNCC1. The van der Waals surface area contributed by atoms with Gasteiger partial charge >= 0.3 is 0 Å². The van der Waals surface area contributed by atoms with Crippen LogP contribution >= 0.6 is 0 Å². The highest BCUT2D eigenvalue weighted by molar-refractivity contribution is 5.85. The molecule has 5 nitrogen and oxygen atoms in total. The highest BCUT2D eigenvalue weighted by atomic mass is 16.5. The Morgan fingerprint density at radius 2 is 2.09 bits per heavy atom. The molecule has 5 heteroatoms. The molecule has 0 saturated carbocycles. The van der Waals surface area contributed by atoms with Crippen molar-refractivity contribution in [2.45, 2.75) is 31.5 Å². The first-order valence-electron chi connectivity index (χ1n) is 8.39. The number of aryl methyl sites for hydroxylation is 1. The summed E-state index contributed by atoms with van der Waals surface area (Å²) in [5.74, 6) is 0.114. The summed E-state index contributed by atoms with van der Waals surface area (Å²) in [6, 6.07) is 8.23. The van der Waals surface area contributed by atoms with Crippen LogP contribution in [0, 0.1) is 6.92 Å². The van der Waals surface area contributed by atoms with E-state index in [0.29, 0.717) is 19.7 Å². The standard InChI is InChI=1S/C18H26N2O3/c1-14-5-3-4-6-15(14)16-13-20(11-12-23-16)17(21)18(22-2)7-9-19-10-8-18/h3-6,16,19H,7-13H2,1-2H3. The van der Waals surface area contributed by atoms with E-state index in [0.717, 1.165) is 25.9 Å². The summed E-state index contributed by atoms with van der Waals surface area (Å²) < 4.78 is 11.6. The molecule has 1 N–H and O–H groups in total. The van der Waals surface area contributed by atoms with Crippen molar-refractivity contribution >= 4 is 5.91 Å². The minimum atomic E-state index is -0.668. The zero-order valence-corrected chi connectivity index (χ0v) is 14.0. The molecule has 2 heterocycles. The van der Waals surface area contributed by atoms with E-state index in [9.17, 15) is 4.79 Å². The Labute approximate surface area is 137 Å². The van der Waals surface area contributed by atoms with E-state index in [1.54, 1.807) is 7.11 Å². The maximum atomic E-state index is 13.1. The van der Waals surface area contributed by atoms with Crippen molar-refractivity contribution in [3.63, 3.8) is 0 Å². The van der Waals surface area contributed by atoms with E-state index >= 15 is 0 Å². The van der Waals surface area contributed by atoms with E-state index in [2.05, 4.69) is 24.4 Å². The fourth-order valence-corrected chi connectivity index (χ4v) is 3.59. The van der Waals surface area contributed by atoms with Crippen LogP contribution in [0.2, 0.25) is 0 Å². The highest BCUT2D eigenvalue weighted by Gasteiger charge is 2.43. The average molecular weight is 318 g/mol. The number of morpholine rings is 1. The number of rotatable bonds is 3. The molecule has 0 aliphatic carbocycles. The molecule has 0 radical (unpaired) electrons. The molecule has 1 aromatic rings. The molecule has 3 rings (SSSR count). The molecule has 126 valence electrons. The minimum absolute atomic E-state index is 0.0514. The van der Waals surface area contributed by atoms with Crippen LogP contribution < -0.4 is 5.32 Å². The Bertz CT molecular complexity index is 555. The Hall–Kier alpha value is -1.43. The summed E-state index contributed by atoms with van der Waals surface area (Å²) in [5.41, 5.74) is 1.70. The lowest BCUT2D eigenvalue weighted by Crippen LogP contribution is -2.57. The quantitative estimate of drug-likeness (QED) is 0.921. The van der Waals surface area contributed by atoms with E-state index in [-0.39, 0.29) is 12.0 Å². The van der Waals surface area contributed by atoms with Crippen LogP contribution in [-0.2, 0) is 14.3 Å². The first-order chi connectivity index (χ1) is 11.2. The Kier molecular flexibility index (Phi) is 4.99. The highest BCUT2D eigenvalue weighted by Crippen LogP contribution is 2.30. The Morgan fingerprint density at radius 3 is 2.78 bits per heavy atom. The molecular formula is C18H26N2O3. The summed E-state index contributed by atoms with van der Waals surface area (Å²) >= 11 is 0. The van der Waals surface area contributed by atoms with Gasteiger partial charge in [-0.3, -0.25) is 4.79 Å². The van der Waals surface area contributed by atoms with Crippen LogP contribution in [0.25, 0.3) is 0 Å². The van der Waals surface area contributed by atoms with Crippen molar-refractivity contribution in [1.29, 1.82) is 0 Å². The summed E-state index contributed by atoms with van der Waals surface area (Å²) in [6.45, 7) is 5.55. The van der Waals surface area contributed by atoms with Crippen LogP contribution in [0.5, 0.6) is 0 Å². The zero-order valence-electron chi connectivity index (χ0n) is 14.0. The molecule has 0 bridgehead atoms. The van der Waals surface area contributed by atoms with Crippen molar-refractivity contribution in [1.82, 2.24) is 10.2 Å². The third-order valence-electron chi connectivity index (χ3n) is 5.08. The van der Waals surface area contributed by atoms with Crippen molar-refractivity contribution in [2.75, 3.05) is 39.9 Å². The number of ether oxygens (including phenoxy) is 2. The maximum absolute atomic E-state index is 13.1. The first-order valence-corrected chi connectivity index (χ1v) is 8.39. The normalized spacial score (nSPS) is 24.4. The molecule has 2 aliphatic rings. The molecule has 2 fully saturated rings. The van der Waals surface area contributed by atoms with Gasteiger partial charge in [0.15, 0.2) is 0 Å². The number of carbonyl (C=O) groups is 1. The second-order valence-corrected chi connectivity index (χ2v) is 6.42. The predicted octanol–water partition coefficient (Wildman–Crippen LogP) is 1.66. The van der Waals surface area contributed by atoms with Crippen molar-refractivity contribution in [2.24, 2.45) is 0 Å². The first kappa shape index (κ1) is 16.4. The summed E-state index contributed by atoms with van der Waals surface area (Å²) in [6.07, 6.45) is 1.41. The molecule has 23 heavy (non-hydrogen) atoms. The fourth-order valence-electron chi connectivity index (χ4n) is 3.59. The zero-order chi connectivity index (χ0) is 16.3. The molecule has 1 atom stereocenters. The lowest BCUT2D eigenvalue weighted by molar-refractivity contribution is -0.165. The van der Waals surface area contributed by atoms with Gasteiger partial charge in [0.25, 0.3) is 5.91 Å². The third kappa shape index (κ3) is 3.27. The lowest BCUT2D eigenvalue weighted by Gasteiger charge is -2.42. The number of nitrogens with one attached hydrogen (secondary N) is 1. The van der Waals surface area contributed by atoms with Crippen LogP contribution in [0.1, 0.15) is 30.1 Å². The van der Waals surface area contributed by atoms with Gasteiger partial charge in [0.1, 0.15) is 11.7 Å². The number of amides is 1. The van der Waals surface area contributed by atoms with Gasteiger partial charge in [-0.15, -0.1) is 0 Å². The Morgan fingerprint density at radius 1 is 1.35 bits per heavy atom. The third-order valence-corrected chi connectivity index (χ3v) is 5.08. The van der Waals surface area contributed by atoms with Gasteiger partial charge in [0.05, 0.1) is 13.2 Å². The van der Waals surface area contributed by atoms with Crippen molar-refractivity contribution in [3.05, 3.63) is 35.4 Å². The molecule has 1 aromatic carbocycles. The molecule has 1 amide bonds. The number of benzene rings is 1. The molecule has 0 aromatic heterocycles. The second-order valence-electron chi connectivity index (χ2n) is 6.42. The molecule has 0 spiro atoms. The average Bonchev–Trinajstić information content (AvgIpc) is 2.62. The minimum Gasteiger partial charge on any atom is -0.370 e. The monoisotopic (exact) mass is 318 g/mol. The summed E-state index contributed by atoms with van der Waals surface area (Å²) in [7, 11) is 1.66. The van der Waals surface area contributed by atoms with Crippen LogP contribution in [0.15, 0.2) is 24.3 Å². The van der Waals surface area contributed by atoms with Crippen LogP contribution in [0.4, 0.5) is 0 Å². The number of hydrogen-bond acceptors (Lipinski definition) is 4. The molecular weight excluding hydrogens is 292 g/mol. The molecule has 2 aliphatic heterocycles. The predicted molar refractivity (Wildman–Crippen MR) is 88.3 cm³/mol. The van der Waals surface area contributed by atoms with Gasteiger partial charge in [-0.2, -0.15) is 0 Å². The summed E-state index contributed by atoms with van der Waals surface area (Å²) in [5, 5.41) is 3.30. The van der Waals surface area contributed by atoms with Crippen molar-refractivity contribution < 1.29 is 14.3 Å². The number of piperidine rings is 1. The van der Waals surface area contributed by atoms with Gasteiger partial charge in [0.2, 0.25) is 0 Å². The fraction of sp³-hybridized carbons (Fsp3) is 0.611. The Balaban J connectivity index is 1.75. The lowest BCUT2D eigenvalue weighted by atomic mass is 9.90. The van der Waals surface area contributed by atoms with E-state index in [1.165, 1.54) is 11.1 Å². The summed E-state index contributed by atoms with van der Waals surface area (Å²) in [4.78, 5) is 15.0. The van der Waals surface area contributed by atoms with Gasteiger partial charge in [0, 0.05) is 13.7 Å². The number of methoxy groups -OCH3 is 1. The van der Waals surface area contributed by atoms with Gasteiger partial charge in [-0.25, -0.2) is 0 Å². The molecule has 2 saturated heterocycles. The van der Waals surface area contributed by atoms with Crippen LogP contribution in [0.3, 0.4) is 0 Å². The van der Waals surface area contributed by atoms with E-state index < -0.39 is 5.60 Å². The van der Waals surface area contributed by atoms with Crippen molar-refractivity contribution in [3.8, 4) is 0 Å².